The average molecular weight is 291 g/mol. The highest BCUT2D eigenvalue weighted by molar-refractivity contribution is 7.80. The maximum absolute atomic E-state index is 5.84. The fourth-order valence-electron chi connectivity index (χ4n) is 3.05. The lowest BCUT2D eigenvalue weighted by molar-refractivity contribution is 0.300. The van der Waals surface area contributed by atoms with Crippen LogP contribution < -0.4 is 11.1 Å². The summed E-state index contributed by atoms with van der Waals surface area (Å²) >= 11 is 5.16. The van der Waals surface area contributed by atoms with Crippen molar-refractivity contribution < 1.29 is 0 Å². The van der Waals surface area contributed by atoms with Gasteiger partial charge in [0.25, 0.3) is 0 Å². The molecule has 1 aliphatic carbocycles. The molecule has 110 valence electrons. The molecular weight excluding hydrogens is 266 g/mol. The van der Waals surface area contributed by atoms with Crippen molar-refractivity contribution in [2.45, 2.75) is 46.5 Å². The molecule has 0 spiro atoms. The number of hydrogen-bond acceptors (Lipinski definition) is 3. The van der Waals surface area contributed by atoms with Crippen LogP contribution in [0.5, 0.6) is 0 Å². The van der Waals surface area contributed by atoms with Crippen molar-refractivity contribution >= 4 is 23.0 Å². The molecule has 0 atom stereocenters. The zero-order valence-corrected chi connectivity index (χ0v) is 13.5. The summed E-state index contributed by atoms with van der Waals surface area (Å²) < 4.78 is 0. The minimum atomic E-state index is 0.426. The van der Waals surface area contributed by atoms with Crippen LogP contribution in [0.15, 0.2) is 6.07 Å². The minimum absolute atomic E-state index is 0.426. The highest BCUT2D eigenvalue weighted by atomic mass is 32.1. The van der Waals surface area contributed by atoms with Crippen LogP contribution in [0.25, 0.3) is 0 Å². The second-order valence-corrected chi connectivity index (χ2v) is 6.62. The van der Waals surface area contributed by atoms with E-state index < -0.39 is 0 Å². The van der Waals surface area contributed by atoms with Gasteiger partial charge in [0.1, 0.15) is 10.8 Å². The standard InChI is InChI=1S/C16H25N3S/c1-10-4-6-13(7-5-10)9-18-16-14(15(17)20)11(2)8-12(3)19-16/h8,10,13H,4-7,9H2,1-3H3,(H2,17,20)(H,18,19). The van der Waals surface area contributed by atoms with Crippen molar-refractivity contribution in [2.75, 3.05) is 11.9 Å². The van der Waals surface area contributed by atoms with E-state index in [2.05, 4.69) is 17.2 Å². The molecule has 3 N–H and O–H groups in total. The molecule has 1 saturated carbocycles. The first-order valence-corrected chi connectivity index (χ1v) is 7.90. The Bertz CT molecular complexity index is 491. The van der Waals surface area contributed by atoms with E-state index in [-0.39, 0.29) is 0 Å². The Balaban J connectivity index is 2.07. The van der Waals surface area contributed by atoms with E-state index in [1.165, 1.54) is 25.7 Å². The second kappa shape index (κ2) is 6.53. The number of hydrogen-bond donors (Lipinski definition) is 2. The van der Waals surface area contributed by atoms with Gasteiger partial charge in [0.2, 0.25) is 0 Å². The van der Waals surface area contributed by atoms with Crippen molar-refractivity contribution in [3.8, 4) is 0 Å². The van der Waals surface area contributed by atoms with E-state index in [0.717, 1.165) is 41.0 Å². The Kier molecular flexibility index (Phi) is 4.97. The minimum Gasteiger partial charge on any atom is -0.389 e. The summed E-state index contributed by atoms with van der Waals surface area (Å²) in [7, 11) is 0. The van der Waals surface area contributed by atoms with Gasteiger partial charge in [0.05, 0.1) is 5.56 Å². The molecule has 1 heterocycles. The molecule has 2 rings (SSSR count). The fraction of sp³-hybridized carbons (Fsp3) is 0.625. The second-order valence-electron chi connectivity index (χ2n) is 6.18. The van der Waals surface area contributed by atoms with Crippen molar-refractivity contribution in [3.63, 3.8) is 0 Å². The third-order valence-corrected chi connectivity index (χ3v) is 4.49. The molecule has 1 aliphatic rings. The van der Waals surface area contributed by atoms with Gasteiger partial charge in [0, 0.05) is 12.2 Å². The molecule has 1 fully saturated rings. The SMILES string of the molecule is Cc1cc(C)c(C(N)=S)c(NCC2CCC(C)CC2)n1. The number of thiocarbonyl (C=S) groups is 1. The first kappa shape index (κ1) is 15.2. The summed E-state index contributed by atoms with van der Waals surface area (Å²) in [6, 6.07) is 2.03. The van der Waals surface area contributed by atoms with Gasteiger partial charge in [-0.15, -0.1) is 0 Å². The fourth-order valence-corrected chi connectivity index (χ4v) is 3.31. The number of aromatic nitrogens is 1. The monoisotopic (exact) mass is 291 g/mol. The summed E-state index contributed by atoms with van der Waals surface area (Å²) in [5, 5.41) is 3.48. The molecule has 1 aromatic rings. The molecule has 4 heteroatoms. The van der Waals surface area contributed by atoms with E-state index in [4.69, 9.17) is 18.0 Å². The van der Waals surface area contributed by atoms with Crippen molar-refractivity contribution in [3.05, 3.63) is 22.9 Å². The van der Waals surface area contributed by atoms with Gasteiger partial charge in [-0.25, -0.2) is 4.98 Å². The van der Waals surface area contributed by atoms with Crippen molar-refractivity contribution in [1.29, 1.82) is 0 Å². The van der Waals surface area contributed by atoms with Crippen LogP contribution in [0.1, 0.15) is 49.4 Å². The highest BCUT2D eigenvalue weighted by Crippen LogP contribution is 2.29. The third-order valence-electron chi connectivity index (χ3n) is 4.28. The normalized spacial score (nSPS) is 22.6. The Morgan fingerprint density at radius 3 is 2.60 bits per heavy atom. The lowest BCUT2D eigenvalue weighted by Gasteiger charge is -2.26. The van der Waals surface area contributed by atoms with Gasteiger partial charge >= 0.3 is 0 Å². The molecule has 0 radical (unpaired) electrons. The lowest BCUT2D eigenvalue weighted by atomic mass is 9.83. The van der Waals surface area contributed by atoms with Crippen LogP contribution in [0, 0.1) is 25.7 Å². The summed E-state index contributed by atoms with van der Waals surface area (Å²) in [4.78, 5) is 5.00. The number of pyridine rings is 1. The Hall–Kier alpha value is -1.16. The van der Waals surface area contributed by atoms with Crippen LogP contribution in [-0.2, 0) is 0 Å². The van der Waals surface area contributed by atoms with E-state index in [9.17, 15) is 0 Å². The molecule has 20 heavy (non-hydrogen) atoms. The molecule has 1 aromatic heterocycles. The Morgan fingerprint density at radius 1 is 1.35 bits per heavy atom. The number of rotatable bonds is 4. The largest absolute Gasteiger partial charge is 0.389 e. The van der Waals surface area contributed by atoms with Crippen molar-refractivity contribution in [2.24, 2.45) is 17.6 Å². The first-order valence-electron chi connectivity index (χ1n) is 7.49. The predicted molar refractivity (Wildman–Crippen MR) is 89.2 cm³/mol. The molecule has 0 bridgehead atoms. The van der Waals surface area contributed by atoms with Gasteiger partial charge in [0.15, 0.2) is 0 Å². The molecule has 3 nitrogen and oxygen atoms in total. The van der Waals surface area contributed by atoms with E-state index in [0.29, 0.717) is 4.99 Å². The van der Waals surface area contributed by atoms with Crippen LogP contribution >= 0.6 is 12.2 Å². The number of aryl methyl sites for hydroxylation is 2. The van der Waals surface area contributed by atoms with E-state index in [1.807, 2.05) is 19.9 Å². The Labute approximate surface area is 127 Å². The topological polar surface area (TPSA) is 50.9 Å². The summed E-state index contributed by atoms with van der Waals surface area (Å²) in [5.74, 6) is 2.49. The molecule has 0 aliphatic heterocycles. The highest BCUT2D eigenvalue weighted by Gasteiger charge is 2.19. The van der Waals surface area contributed by atoms with E-state index in [1.54, 1.807) is 0 Å². The third kappa shape index (κ3) is 3.69. The zero-order chi connectivity index (χ0) is 14.7. The average Bonchev–Trinajstić information content (AvgIpc) is 2.36. The number of nitrogens with zero attached hydrogens (tertiary/aromatic N) is 1. The lowest BCUT2D eigenvalue weighted by Crippen LogP contribution is -2.23. The number of nitrogens with one attached hydrogen (secondary N) is 1. The Morgan fingerprint density at radius 2 is 2.00 bits per heavy atom. The van der Waals surface area contributed by atoms with Gasteiger partial charge in [-0.1, -0.05) is 32.0 Å². The van der Waals surface area contributed by atoms with Gasteiger partial charge in [-0.05, 0) is 50.2 Å². The zero-order valence-electron chi connectivity index (χ0n) is 12.7. The predicted octanol–water partition coefficient (Wildman–Crippen LogP) is 3.57. The van der Waals surface area contributed by atoms with Crippen LogP contribution in [-0.4, -0.2) is 16.5 Å². The molecule has 0 aromatic carbocycles. The maximum atomic E-state index is 5.84. The van der Waals surface area contributed by atoms with Gasteiger partial charge in [-0.2, -0.15) is 0 Å². The number of nitrogens with two attached hydrogens (primary N) is 1. The van der Waals surface area contributed by atoms with Gasteiger partial charge in [-0.3, -0.25) is 0 Å². The maximum Gasteiger partial charge on any atom is 0.136 e. The smallest absolute Gasteiger partial charge is 0.136 e. The molecule has 0 saturated heterocycles. The molecular formula is C16H25N3S. The summed E-state index contributed by atoms with van der Waals surface area (Å²) in [5.41, 5.74) is 8.85. The van der Waals surface area contributed by atoms with Crippen LogP contribution in [0.2, 0.25) is 0 Å². The number of anilines is 1. The van der Waals surface area contributed by atoms with Crippen molar-refractivity contribution in [1.82, 2.24) is 4.98 Å². The molecule has 0 unspecified atom stereocenters. The van der Waals surface area contributed by atoms with Crippen LogP contribution in [0.4, 0.5) is 5.82 Å². The first-order chi connectivity index (χ1) is 9.47. The molecule has 0 amide bonds. The van der Waals surface area contributed by atoms with Gasteiger partial charge < -0.3 is 11.1 Å². The van der Waals surface area contributed by atoms with E-state index >= 15 is 0 Å². The van der Waals surface area contributed by atoms with Crippen LogP contribution in [0.3, 0.4) is 0 Å². The quantitative estimate of drug-likeness (QED) is 0.833. The summed E-state index contributed by atoms with van der Waals surface area (Å²) in [6.45, 7) is 7.36. The summed E-state index contributed by atoms with van der Waals surface area (Å²) in [6.07, 6.45) is 5.30.